The number of urea groups is 1. The highest BCUT2D eigenvalue weighted by Gasteiger charge is 2.32. The number of carboxylic acids is 1. The zero-order chi connectivity index (χ0) is 12.1. The van der Waals surface area contributed by atoms with Crippen LogP contribution in [0, 0.1) is 5.92 Å². The Kier molecular flexibility index (Phi) is 4.58. The van der Waals surface area contributed by atoms with Crippen LogP contribution in [0.15, 0.2) is 0 Å². The third kappa shape index (κ3) is 2.87. The van der Waals surface area contributed by atoms with Crippen LogP contribution in [-0.2, 0) is 4.79 Å². The number of hydrogen-bond acceptors (Lipinski definition) is 2. The number of rotatable bonds is 4. The van der Waals surface area contributed by atoms with Gasteiger partial charge in [-0.25, -0.2) is 4.79 Å². The Bertz CT molecular complexity index is 268. The van der Waals surface area contributed by atoms with Gasteiger partial charge in [0.2, 0.25) is 0 Å². The summed E-state index contributed by atoms with van der Waals surface area (Å²) in [6, 6.07) is -0.0203. The van der Waals surface area contributed by atoms with E-state index in [9.17, 15) is 9.59 Å². The average molecular weight is 228 g/mol. The molecule has 0 aromatic heterocycles. The van der Waals surface area contributed by atoms with Crippen LogP contribution in [0.2, 0.25) is 0 Å². The number of aliphatic carboxylic acids is 1. The van der Waals surface area contributed by atoms with Gasteiger partial charge in [-0.3, -0.25) is 4.79 Å². The minimum atomic E-state index is -0.797. The lowest BCUT2D eigenvalue weighted by Crippen LogP contribution is -2.42. The Balaban J connectivity index is 2.52. The Labute approximate surface area is 96.0 Å². The molecule has 92 valence electrons. The molecule has 0 bridgehead atoms. The monoisotopic (exact) mass is 228 g/mol. The normalized spacial score (nSPS) is 19.9. The Morgan fingerprint density at radius 3 is 2.56 bits per heavy atom. The summed E-state index contributed by atoms with van der Waals surface area (Å²) >= 11 is 0. The molecule has 5 heteroatoms. The van der Waals surface area contributed by atoms with Gasteiger partial charge in [0, 0.05) is 26.2 Å². The van der Waals surface area contributed by atoms with Gasteiger partial charge in [0.1, 0.15) is 0 Å². The van der Waals surface area contributed by atoms with Crippen LogP contribution < -0.4 is 0 Å². The van der Waals surface area contributed by atoms with Gasteiger partial charge < -0.3 is 14.9 Å². The molecule has 0 aliphatic carbocycles. The highest BCUT2D eigenvalue weighted by atomic mass is 16.4. The Morgan fingerprint density at radius 1 is 1.44 bits per heavy atom. The molecular formula is C11H20N2O3. The molecule has 1 aliphatic rings. The van der Waals surface area contributed by atoms with Crippen molar-refractivity contribution in [3.63, 3.8) is 0 Å². The Hall–Kier alpha value is -1.26. The predicted octanol–water partition coefficient (Wildman–Crippen LogP) is 1.24. The number of carbonyl (C=O) groups is 2. The van der Waals surface area contributed by atoms with Crippen molar-refractivity contribution in [1.82, 2.24) is 9.80 Å². The fourth-order valence-electron chi connectivity index (χ4n) is 1.99. The first-order valence-electron chi connectivity index (χ1n) is 5.86. The van der Waals surface area contributed by atoms with Gasteiger partial charge in [-0.2, -0.15) is 0 Å². The van der Waals surface area contributed by atoms with Crippen LogP contribution in [0.4, 0.5) is 4.79 Å². The maximum atomic E-state index is 12.0. The molecule has 1 fully saturated rings. The fraction of sp³-hybridized carbons (Fsp3) is 0.818. The van der Waals surface area contributed by atoms with Crippen molar-refractivity contribution in [2.45, 2.75) is 26.7 Å². The number of amides is 2. The van der Waals surface area contributed by atoms with Gasteiger partial charge in [-0.1, -0.05) is 6.92 Å². The average Bonchev–Trinajstić information content (AvgIpc) is 2.74. The summed E-state index contributed by atoms with van der Waals surface area (Å²) < 4.78 is 0. The molecule has 1 aliphatic heterocycles. The highest BCUT2D eigenvalue weighted by molar-refractivity contribution is 5.77. The second-order valence-corrected chi connectivity index (χ2v) is 4.13. The summed E-state index contributed by atoms with van der Waals surface area (Å²) in [5.41, 5.74) is 0. The van der Waals surface area contributed by atoms with E-state index in [0.29, 0.717) is 26.1 Å². The molecule has 0 aromatic rings. The minimum Gasteiger partial charge on any atom is -0.481 e. The highest BCUT2D eigenvalue weighted by Crippen LogP contribution is 2.17. The third-order valence-corrected chi connectivity index (χ3v) is 2.95. The summed E-state index contributed by atoms with van der Waals surface area (Å²) in [5, 5.41) is 8.86. The quantitative estimate of drug-likeness (QED) is 0.787. The van der Waals surface area contributed by atoms with E-state index in [1.807, 2.05) is 13.8 Å². The van der Waals surface area contributed by atoms with Gasteiger partial charge in [0.15, 0.2) is 0 Å². The Morgan fingerprint density at radius 2 is 2.12 bits per heavy atom. The van der Waals surface area contributed by atoms with Crippen molar-refractivity contribution in [2.75, 3.05) is 26.2 Å². The molecule has 1 heterocycles. The minimum absolute atomic E-state index is 0.0203. The van der Waals surface area contributed by atoms with Crippen molar-refractivity contribution in [3.8, 4) is 0 Å². The number of hydrogen-bond donors (Lipinski definition) is 1. The zero-order valence-electron chi connectivity index (χ0n) is 9.98. The van der Waals surface area contributed by atoms with Crippen molar-refractivity contribution >= 4 is 12.0 Å². The molecule has 0 aromatic carbocycles. The molecule has 16 heavy (non-hydrogen) atoms. The van der Waals surface area contributed by atoms with Crippen LogP contribution in [0.5, 0.6) is 0 Å². The van der Waals surface area contributed by atoms with Crippen molar-refractivity contribution in [3.05, 3.63) is 0 Å². The van der Waals surface area contributed by atoms with E-state index in [4.69, 9.17) is 5.11 Å². The summed E-state index contributed by atoms with van der Waals surface area (Å²) in [6.45, 7) is 6.31. The molecule has 0 radical (unpaired) electrons. The second kappa shape index (κ2) is 5.72. The van der Waals surface area contributed by atoms with E-state index >= 15 is 0 Å². The molecule has 1 N–H and O–H groups in total. The number of likely N-dealkylation sites (tertiary alicyclic amines) is 1. The summed E-state index contributed by atoms with van der Waals surface area (Å²) in [6.07, 6.45) is 1.50. The number of carboxylic acid groups (broad SMARTS) is 1. The van der Waals surface area contributed by atoms with Gasteiger partial charge in [0.25, 0.3) is 0 Å². The van der Waals surface area contributed by atoms with Crippen molar-refractivity contribution in [2.24, 2.45) is 5.92 Å². The molecule has 2 amide bonds. The van der Waals surface area contributed by atoms with Gasteiger partial charge in [-0.15, -0.1) is 0 Å². The van der Waals surface area contributed by atoms with Gasteiger partial charge in [0.05, 0.1) is 5.92 Å². The lowest BCUT2D eigenvalue weighted by molar-refractivity contribution is -0.141. The fourth-order valence-corrected chi connectivity index (χ4v) is 1.99. The van der Waals surface area contributed by atoms with Gasteiger partial charge >= 0.3 is 12.0 Å². The standard InChI is InChI=1S/C11H20N2O3/c1-3-6-12(4-2)11(16)13-7-5-9(8-13)10(14)15/h9H,3-8H2,1-2H3,(H,14,15). The largest absolute Gasteiger partial charge is 0.481 e. The molecule has 0 spiro atoms. The first-order valence-corrected chi connectivity index (χ1v) is 5.86. The van der Waals surface area contributed by atoms with E-state index in [1.54, 1.807) is 9.80 Å². The van der Waals surface area contributed by atoms with Crippen molar-refractivity contribution in [1.29, 1.82) is 0 Å². The lowest BCUT2D eigenvalue weighted by atomic mass is 10.1. The van der Waals surface area contributed by atoms with E-state index in [2.05, 4.69) is 0 Å². The van der Waals surface area contributed by atoms with Crippen LogP contribution in [0.3, 0.4) is 0 Å². The van der Waals surface area contributed by atoms with Crippen LogP contribution in [-0.4, -0.2) is 53.1 Å². The number of carbonyl (C=O) groups excluding carboxylic acids is 1. The van der Waals surface area contributed by atoms with E-state index < -0.39 is 5.97 Å². The summed E-state index contributed by atoms with van der Waals surface area (Å²) in [5.74, 6) is -1.18. The first kappa shape index (κ1) is 12.8. The smallest absolute Gasteiger partial charge is 0.320 e. The maximum absolute atomic E-state index is 12.0. The van der Waals surface area contributed by atoms with Crippen LogP contribution in [0.1, 0.15) is 26.7 Å². The topological polar surface area (TPSA) is 60.9 Å². The molecule has 1 saturated heterocycles. The number of nitrogens with zero attached hydrogens (tertiary/aromatic N) is 2. The first-order chi connectivity index (χ1) is 7.60. The molecule has 0 saturated carbocycles. The molecule has 1 rings (SSSR count). The van der Waals surface area contributed by atoms with E-state index in [0.717, 1.165) is 13.0 Å². The second-order valence-electron chi connectivity index (χ2n) is 4.13. The van der Waals surface area contributed by atoms with Crippen LogP contribution in [0.25, 0.3) is 0 Å². The third-order valence-electron chi connectivity index (χ3n) is 2.95. The zero-order valence-corrected chi connectivity index (χ0v) is 9.98. The SMILES string of the molecule is CCCN(CC)C(=O)N1CCC(C(=O)O)C1. The van der Waals surface area contributed by atoms with Gasteiger partial charge in [-0.05, 0) is 19.8 Å². The molecular weight excluding hydrogens is 208 g/mol. The summed E-state index contributed by atoms with van der Waals surface area (Å²) in [7, 11) is 0. The maximum Gasteiger partial charge on any atom is 0.320 e. The molecule has 5 nitrogen and oxygen atoms in total. The summed E-state index contributed by atoms with van der Waals surface area (Å²) in [4.78, 5) is 26.2. The molecule has 1 unspecified atom stereocenters. The molecule has 1 atom stereocenters. The van der Waals surface area contributed by atoms with E-state index in [-0.39, 0.29) is 11.9 Å². The lowest BCUT2D eigenvalue weighted by Gasteiger charge is -2.26. The predicted molar refractivity (Wildman–Crippen MR) is 60.2 cm³/mol. The van der Waals surface area contributed by atoms with Crippen LogP contribution >= 0.6 is 0 Å². The van der Waals surface area contributed by atoms with Crippen molar-refractivity contribution < 1.29 is 14.7 Å². The van der Waals surface area contributed by atoms with E-state index in [1.165, 1.54) is 0 Å².